The van der Waals surface area contributed by atoms with E-state index >= 15 is 4.39 Å². The van der Waals surface area contributed by atoms with Gasteiger partial charge in [-0.25, -0.2) is 18.7 Å². The van der Waals surface area contributed by atoms with Crippen molar-refractivity contribution in [2.45, 2.75) is 19.3 Å². The standard InChI is InChI=1S/C20H18ClF2N3O/c1-27-15-7-5-6-14(22)17(15)16-13(21)10-12-19(18(16)23)24-11-25-20(12)26-8-3-2-4-9-26/h5-7,10-11H,2-4,8-9H2,1H3. The molecular weight excluding hydrogens is 372 g/mol. The minimum Gasteiger partial charge on any atom is -0.496 e. The molecule has 1 fully saturated rings. The quantitative estimate of drug-likeness (QED) is 0.615. The van der Waals surface area contributed by atoms with E-state index in [0.717, 1.165) is 25.9 Å². The van der Waals surface area contributed by atoms with Gasteiger partial charge in [-0.15, -0.1) is 0 Å². The highest BCUT2D eigenvalue weighted by Gasteiger charge is 2.24. The Hall–Kier alpha value is -2.47. The summed E-state index contributed by atoms with van der Waals surface area (Å²) >= 11 is 6.42. The normalized spacial score (nSPS) is 14.6. The van der Waals surface area contributed by atoms with Crippen LogP contribution >= 0.6 is 11.6 Å². The second kappa shape index (κ2) is 7.27. The number of piperidine rings is 1. The fourth-order valence-corrected chi connectivity index (χ4v) is 3.91. The van der Waals surface area contributed by atoms with Gasteiger partial charge in [0.15, 0.2) is 5.82 Å². The lowest BCUT2D eigenvalue weighted by Crippen LogP contribution is -2.30. The Morgan fingerprint density at radius 3 is 2.59 bits per heavy atom. The van der Waals surface area contributed by atoms with Crippen molar-refractivity contribution in [1.29, 1.82) is 0 Å². The van der Waals surface area contributed by atoms with Crippen LogP contribution in [0.2, 0.25) is 5.02 Å². The summed E-state index contributed by atoms with van der Waals surface area (Å²) in [6.45, 7) is 1.71. The van der Waals surface area contributed by atoms with Crippen LogP contribution in [0.1, 0.15) is 19.3 Å². The van der Waals surface area contributed by atoms with Gasteiger partial charge in [0.05, 0.1) is 17.7 Å². The highest BCUT2D eigenvalue weighted by Crippen LogP contribution is 2.42. The summed E-state index contributed by atoms with van der Waals surface area (Å²) in [7, 11) is 1.40. The van der Waals surface area contributed by atoms with Crippen LogP contribution in [0.5, 0.6) is 5.75 Å². The van der Waals surface area contributed by atoms with Gasteiger partial charge in [0.2, 0.25) is 0 Å². The Labute approximate surface area is 160 Å². The maximum absolute atomic E-state index is 15.4. The number of anilines is 1. The molecule has 0 atom stereocenters. The number of hydrogen-bond acceptors (Lipinski definition) is 4. The number of aromatic nitrogens is 2. The van der Waals surface area contributed by atoms with E-state index in [-0.39, 0.29) is 27.4 Å². The van der Waals surface area contributed by atoms with Crippen molar-refractivity contribution in [2.75, 3.05) is 25.1 Å². The first kappa shape index (κ1) is 17.9. The maximum Gasteiger partial charge on any atom is 0.159 e. The van der Waals surface area contributed by atoms with E-state index < -0.39 is 11.6 Å². The van der Waals surface area contributed by atoms with E-state index in [0.29, 0.717) is 11.2 Å². The maximum atomic E-state index is 15.4. The Bertz CT molecular complexity index is 1010. The zero-order valence-electron chi connectivity index (χ0n) is 14.8. The molecule has 0 aliphatic carbocycles. The van der Waals surface area contributed by atoms with Crippen molar-refractivity contribution in [2.24, 2.45) is 0 Å². The van der Waals surface area contributed by atoms with Gasteiger partial charge in [0.25, 0.3) is 0 Å². The molecule has 0 radical (unpaired) electrons. The molecule has 27 heavy (non-hydrogen) atoms. The predicted octanol–water partition coefficient (Wildman–Crippen LogP) is 5.23. The molecule has 4 nitrogen and oxygen atoms in total. The number of benzene rings is 2. The molecule has 0 saturated carbocycles. The second-order valence-electron chi connectivity index (χ2n) is 6.51. The zero-order chi connectivity index (χ0) is 19.0. The number of ether oxygens (including phenoxy) is 1. The van der Waals surface area contributed by atoms with Crippen LogP contribution in [0.3, 0.4) is 0 Å². The number of hydrogen-bond donors (Lipinski definition) is 0. The average molecular weight is 390 g/mol. The molecule has 0 unspecified atom stereocenters. The summed E-state index contributed by atoms with van der Waals surface area (Å²) in [5.41, 5.74) is 0.0558. The van der Waals surface area contributed by atoms with Gasteiger partial charge in [0, 0.05) is 24.0 Å². The first-order chi connectivity index (χ1) is 13.1. The Balaban J connectivity index is 1.96. The lowest BCUT2D eigenvalue weighted by Gasteiger charge is -2.28. The van der Waals surface area contributed by atoms with Crippen LogP contribution in [0.4, 0.5) is 14.6 Å². The highest BCUT2D eigenvalue weighted by atomic mass is 35.5. The number of nitrogens with zero attached hydrogens (tertiary/aromatic N) is 3. The molecule has 0 N–H and O–H groups in total. The Kier molecular flexibility index (Phi) is 4.83. The lowest BCUT2D eigenvalue weighted by molar-refractivity contribution is 0.413. The largest absolute Gasteiger partial charge is 0.496 e. The van der Waals surface area contributed by atoms with Crippen LogP contribution in [-0.4, -0.2) is 30.2 Å². The summed E-state index contributed by atoms with van der Waals surface area (Å²) in [6.07, 6.45) is 4.63. The average Bonchev–Trinajstić information content (AvgIpc) is 2.69. The van der Waals surface area contributed by atoms with E-state index in [4.69, 9.17) is 16.3 Å². The van der Waals surface area contributed by atoms with Gasteiger partial charge in [0.1, 0.15) is 29.2 Å². The summed E-state index contributed by atoms with van der Waals surface area (Å²) in [4.78, 5) is 10.6. The molecule has 0 spiro atoms. The van der Waals surface area contributed by atoms with Gasteiger partial charge in [-0.3, -0.25) is 0 Å². The smallest absolute Gasteiger partial charge is 0.159 e. The monoisotopic (exact) mass is 389 g/mol. The fraction of sp³-hybridized carbons (Fsp3) is 0.300. The number of fused-ring (bicyclic) bond motifs is 1. The first-order valence-electron chi connectivity index (χ1n) is 8.82. The number of halogens is 3. The Morgan fingerprint density at radius 1 is 1.07 bits per heavy atom. The minimum absolute atomic E-state index is 0.0115. The van der Waals surface area contributed by atoms with Crippen molar-refractivity contribution < 1.29 is 13.5 Å². The first-order valence-corrected chi connectivity index (χ1v) is 9.20. The van der Waals surface area contributed by atoms with Gasteiger partial charge >= 0.3 is 0 Å². The molecule has 4 rings (SSSR count). The zero-order valence-corrected chi connectivity index (χ0v) is 15.6. The Morgan fingerprint density at radius 2 is 1.85 bits per heavy atom. The molecule has 2 aromatic carbocycles. The van der Waals surface area contributed by atoms with Crippen LogP contribution in [-0.2, 0) is 0 Å². The molecule has 1 aliphatic heterocycles. The SMILES string of the molecule is COc1cccc(F)c1-c1c(Cl)cc2c(N3CCCCC3)ncnc2c1F. The molecule has 1 aromatic heterocycles. The third kappa shape index (κ3) is 3.08. The third-order valence-electron chi connectivity index (χ3n) is 4.90. The summed E-state index contributed by atoms with van der Waals surface area (Å²) in [6, 6.07) is 5.93. The molecule has 1 saturated heterocycles. The topological polar surface area (TPSA) is 38.2 Å². The van der Waals surface area contributed by atoms with Crippen LogP contribution in [0.25, 0.3) is 22.0 Å². The number of rotatable bonds is 3. The van der Waals surface area contributed by atoms with Crippen molar-refractivity contribution in [3.05, 3.63) is 47.2 Å². The van der Waals surface area contributed by atoms with Crippen LogP contribution in [0, 0.1) is 11.6 Å². The van der Waals surface area contributed by atoms with Crippen molar-refractivity contribution in [1.82, 2.24) is 9.97 Å². The van der Waals surface area contributed by atoms with Gasteiger partial charge < -0.3 is 9.64 Å². The number of methoxy groups -OCH3 is 1. The summed E-state index contributed by atoms with van der Waals surface area (Å²) in [5.74, 6) is -0.422. The van der Waals surface area contributed by atoms with Crippen molar-refractivity contribution in [3.8, 4) is 16.9 Å². The van der Waals surface area contributed by atoms with E-state index in [9.17, 15) is 4.39 Å². The summed E-state index contributed by atoms with van der Waals surface area (Å²) in [5, 5.41) is 0.623. The highest BCUT2D eigenvalue weighted by molar-refractivity contribution is 6.34. The minimum atomic E-state index is -0.679. The van der Waals surface area contributed by atoms with E-state index in [1.807, 2.05) is 0 Å². The van der Waals surface area contributed by atoms with Crippen LogP contribution < -0.4 is 9.64 Å². The molecule has 0 amide bonds. The fourth-order valence-electron chi connectivity index (χ4n) is 3.62. The molecule has 0 bridgehead atoms. The van der Waals surface area contributed by atoms with E-state index in [2.05, 4.69) is 14.9 Å². The molecule has 3 aromatic rings. The van der Waals surface area contributed by atoms with Crippen LogP contribution in [0.15, 0.2) is 30.6 Å². The van der Waals surface area contributed by atoms with Crippen molar-refractivity contribution in [3.63, 3.8) is 0 Å². The summed E-state index contributed by atoms with van der Waals surface area (Å²) < 4.78 is 35.2. The predicted molar refractivity (Wildman–Crippen MR) is 103 cm³/mol. The van der Waals surface area contributed by atoms with Gasteiger partial charge in [-0.1, -0.05) is 17.7 Å². The molecule has 2 heterocycles. The lowest BCUT2D eigenvalue weighted by atomic mass is 10.0. The van der Waals surface area contributed by atoms with Gasteiger partial charge in [-0.2, -0.15) is 0 Å². The molecule has 7 heteroatoms. The van der Waals surface area contributed by atoms with E-state index in [1.165, 1.54) is 32.0 Å². The van der Waals surface area contributed by atoms with Gasteiger partial charge in [-0.05, 0) is 37.5 Å². The van der Waals surface area contributed by atoms with Crippen molar-refractivity contribution >= 4 is 28.3 Å². The van der Waals surface area contributed by atoms with E-state index in [1.54, 1.807) is 12.1 Å². The molecular formula is C20H18ClF2N3O. The third-order valence-corrected chi connectivity index (χ3v) is 5.20. The molecule has 140 valence electrons. The second-order valence-corrected chi connectivity index (χ2v) is 6.91. The molecule has 1 aliphatic rings.